The van der Waals surface area contributed by atoms with Crippen LogP contribution in [-0.4, -0.2) is 52.0 Å². The van der Waals surface area contributed by atoms with E-state index in [9.17, 15) is 4.21 Å². The molecule has 0 amide bonds. The maximum Gasteiger partial charge on any atom is 0.0795 e. The summed E-state index contributed by atoms with van der Waals surface area (Å²) < 4.78 is 17.3. The molecule has 0 aromatic heterocycles. The molecule has 4 unspecified atom stereocenters. The molecule has 2 fully saturated rings. The van der Waals surface area contributed by atoms with Crippen LogP contribution in [0.4, 0.5) is 0 Å². The molecular formula is C12H23NO2S2. The second-order valence-corrected chi connectivity index (χ2v) is 8.15. The van der Waals surface area contributed by atoms with Crippen molar-refractivity contribution in [3.8, 4) is 0 Å². The number of nitrogens with one attached hydrogen (secondary N) is 1. The van der Waals surface area contributed by atoms with Gasteiger partial charge in [-0.15, -0.1) is 0 Å². The fourth-order valence-corrected chi connectivity index (χ4v) is 4.22. The number of hydrogen-bond acceptors (Lipinski definition) is 4. The van der Waals surface area contributed by atoms with Gasteiger partial charge >= 0.3 is 0 Å². The third-order valence-corrected chi connectivity index (χ3v) is 6.34. The SMILES string of the molecule is CC(CNC1CCOC2(CCSC2)C1)S(C)=O. The standard InChI is InChI=1S/C12H23NO2S2/c1-10(17(2)14)8-13-11-3-5-15-12(7-11)4-6-16-9-12/h10-11,13H,3-9H2,1-2H3. The Morgan fingerprint density at radius 2 is 2.47 bits per heavy atom. The summed E-state index contributed by atoms with van der Waals surface area (Å²) >= 11 is 2.01. The van der Waals surface area contributed by atoms with E-state index in [-0.39, 0.29) is 10.9 Å². The summed E-state index contributed by atoms with van der Waals surface area (Å²) in [6.07, 6.45) is 5.20. The molecule has 5 heteroatoms. The van der Waals surface area contributed by atoms with Crippen LogP contribution < -0.4 is 5.32 Å². The van der Waals surface area contributed by atoms with E-state index in [0.29, 0.717) is 6.04 Å². The molecule has 0 saturated carbocycles. The normalized spacial score (nSPS) is 37.2. The van der Waals surface area contributed by atoms with Crippen molar-refractivity contribution < 1.29 is 8.95 Å². The summed E-state index contributed by atoms with van der Waals surface area (Å²) in [5, 5.41) is 3.81. The quantitative estimate of drug-likeness (QED) is 0.843. The van der Waals surface area contributed by atoms with Crippen LogP contribution in [0.2, 0.25) is 0 Å². The van der Waals surface area contributed by atoms with E-state index in [1.165, 1.54) is 12.2 Å². The maximum atomic E-state index is 11.3. The van der Waals surface area contributed by atoms with Crippen molar-refractivity contribution >= 4 is 22.6 Å². The highest BCUT2D eigenvalue weighted by atomic mass is 32.2. The highest BCUT2D eigenvalue weighted by molar-refractivity contribution is 7.99. The maximum absolute atomic E-state index is 11.3. The third kappa shape index (κ3) is 3.69. The fourth-order valence-electron chi connectivity index (χ4n) is 2.52. The minimum Gasteiger partial charge on any atom is -0.374 e. The van der Waals surface area contributed by atoms with Crippen LogP contribution in [0, 0.1) is 0 Å². The summed E-state index contributed by atoms with van der Waals surface area (Å²) in [5.41, 5.74) is 0.148. The van der Waals surface area contributed by atoms with Crippen molar-refractivity contribution in [1.82, 2.24) is 5.32 Å². The summed E-state index contributed by atoms with van der Waals surface area (Å²) in [6, 6.07) is 0.549. The largest absolute Gasteiger partial charge is 0.374 e. The fraction of sp³-hybridized carbons (Fsp3) is 1.00. The number of ether oxygens (including phenoxy) is 1. The van der Waals surface area contributed by atoms with Gasteiger partial charge in [0.05, 0.1) is 5.60 Å². The van der Waals surface area contributed by atoms with Crippen molar-refractivity contribution in [3.05, 3.63) is 0 Å². The number of thioether (sulfide) groups is 1. The minimum atomic E-state index is -0.723. The summed E-state index contributed by atoms with van der Waals surface area (Å²) in [6.45, 7) is 3.78. The van der Waals surface area contributed by atoms with E-state index in [4.69, 9.17) is 4.74 Å². The van der Waals surface area contributed by atoms with Crippen LogP contribution in [0.15, 0.2) is 0 Å². The van der Waals surface area contributed by atoms with Crippen LogP contribution in [0.25, 0.3) is 0 Å². The zero-order chi connectivity index (χ0) is 12.3. The zero-order valence-corrected chi connectivity index (χ0v) is 12.4. The predicted octanol–water partition coefficient (Wildman–Crippen LogP) is 1.40. The molecule has 0 radical (unpaired) electrons. The van der Waals surface area contributed by atoms with Crippen molar-refractivity contribution in [2.24, 2.45) is 0 Å². The second-order valence-electron chi connectivity index (χ2n) is 5.24. The molecular weight excluding hydrogens is 254 g/mol. The van der Waals surface area contributed by atoms with Crippen molar-refractivity contribution in [2.45, 2.75) is 43.1 Å². The lowest BCUT2D eigenvalue weighted by Crippen LogP contribution is -2.48. The zero-order valence-electron chi connectivity index (χ0n) is 10.7. The van der Waals surface area contributed by atoms with Crippen LogP contribution in [-0.2, 0) is 15.5 Å². The number of hydrogen-bond donors (Lipinski definition) is 1. The average molecular weight is 277 g/mol. The van der Waals surface area contributed by atoms with E-state index in [1.54, 1.807) is 6.26 Å². The van der Waals surface area contributed by atoms with Crippen LogP contribution in [0.3, 0.4) is 0 Å². The molecule has 4 atom stereocenters. The van der Waals surface area contributed by atoms with Gasteiger partial charge in [0.1, 0.15) is 0 Å². The third-order valence-electron chi connectivity index (χ3n) is 3.82. The van der Waals surface area contributed by atoms with Gasteiger partial charge in [-0.1, -0.05) is 0 Å². The molecule has 3 nitrogen and oxygen atoms in total. The monoisotopic (exact) mass is 277 g/mol. The van der Waals surface area contributed by atoms with Crippen molar-refractivity contribution in [1.29, 1.82) is 0 Å². The number of rotatable bonds is 4. The minimum absolute atomic E-state index is 0.148. The molecule has 2 aliphatic rings. The summed E-state index contributed by atoms with van der Waals surface area (Å²) in [4.78, 5) is 0. The van der Waals surface area contributed by atoms with Gasteiger partial charge in [0.2, 0.25) is 0 Å². The Hall–Kier alpha value is 0.420. The predicted molar refractivity (Wildman–Crippen MR) is 75.2 cm³/mol. The molecule has 1 N–H and O–H groups in total. The molecule has 0 aromatic rings. The first-order valence-corrected chi connectivity index (χ1v) is 9.16. The highest BCUT2D eigenvalue weighted by Gasteiger charge is 2.40. The van der Waals surface area contributed by atoms with Crippen molar-refractivity contribution in [2.75, 3.05) is 30.9 Å². The smallest absolute Gasteiger partial charge is 0.0795 e. The van der Waals surface area contributed by atoms with Crippen LogP contribution in [0.1, 0.15) is 26.2 Å². The first-order chi connectivity index (χ1) is 8.11. The molecule has 100 valence electrons. The Labute approximate surface area is 111 Å². The molecule has 2 rings (SSSR count). The van der Waals surface area contributed by atoms with Gasteiger partial charge in [0, 0.05) is 47.3 Å². The van der Waals surface area contributed by atoms with E-state index in [1.807, 2.05) is 18.7 Å². The molecule has 17 heavy (non-hydrogen) atoms. The molecule has 0 bridgehead atoms. The van der Waals surface area contributed by atoms with E-state index < -0.39 is 10.8 Å². The van der Waals surface area contributed by atoms with Crippen LogP contribution in [0.5, 0.6) is 0 Å². The molecule has 0 aliphatic carbocycles. The first kappa shape index (κ1) is 13.8. The second kappa shape index (κ2) is 6.04. The highest BCUT2D eigenvalue weighted by Crippen LogP contribution is 2.38. The lowest BCUT2D eigenvalue weighted by Gasteiger charge is -2.38. The summed E-state index contributed by atoms with van der Waals surface area (Å²) in [7, 11) is -0.723. The lowest BCUT2D eigenvalue weighted by molar-refractivity contribution is -0.0699. The van der Waals surface area contributed by atoms with Gasteiger partial charge in [-0.2, -0.15) is 11.8 Å². The Bertz CT molecular complexity index is 280. The Morgan fingerprint density at radius 3 is 3.12 bits per heavy atom. The molecule has 2 saturated heterocycles. The van der Waals surface area contributed by atoms with Gasteiger partial charge in [0.15, 0.2) is 0 Å². The molecule has 0 aromatic carbocycles. The van der Waals surface area contributed by atoms with E-state index >= 15 is 0 Å². The van der Waals surface area contributed by atoms with Gasteiger partial charge in [0.25, 0.3) is 0 Å². The van der Waals surface area contributed by atoms with Crippen LogP contribution >= 0.6 is 11.8 Å². The van der Waals surface area contributed by atoms with Gasteiger partial charge in [-0.3, -0.25) is 4.21 Å². The Morgan fingerprint density at radius 1 is 1.65 bits per heavy atom. The Kier molecular flexibility index (Phi) is 4.92. The topological polar surface area (TPSA) is 38.3 Å². The molecule has 2 heterocycles. The average Bonchev–Trinajstić information content (AvgIpc) is 2.74. The lowest BCUT2D eigenvalue weighted by atomic mass is 9.90. The van der Waals surface area contributed by atoms with Gasteiger partial charge in [-0.25, -0.2) is 0 Å². The van der Waals surface area contributed by atoms with Gasteiger partial charge < -0.3 is 10.1 Å². The summed E-state index contributed by atoms with van der Waals surface area (Å²) in [5.74, 6) is 2.39. The molecule has 2 aliphatic heterocycles. The van der Waals surface area contributed by atoms with E-state index in [0.717, 1.165) is 31.7 Å². The Balaban J connectivity index is 1.79. The van der Waals surface area contributed by atoms with E-state index in [2.05, 4.69) is 5.32 Å². The first-order valence-electron chi connectivity index (χ1n) is 6.39. The van der Waals surface area contributed by atoms with Gasteiger partial charge in [-0.05, 0) is 31.9 Å². The molecule has 1 spiro atoms. The van der Waals surface area contributed by atoms with Crippen molar-refractivity contribution in [3.63, 3.8) is 0 Å².